The quantitative estimate of drug-likeness (QED) is 0.817. The summed E-state index contributed by atoms with van der Waals surface area (Å²) < 4.78 is 5.00. The van der Waals surface area contributed by atoms with Crippen molar-refractivity contribution in [1.29, 1.82) is 0 Å². The third-order valence-corrected chi connectivity index (χ3v) is 4.13. The number of carbonyl (C=O) groups is 2. The van der Waals surface area contributed by atoms with Crippen molar-refractivity contribution in [3.05, 3.63) is 29.8 Å². The molecule has 1 aliphatic rings. The Kier molecular flexibility index (Phi) is 4.99. The molecule has 0 unspecified atom stereocenters. The van der Waals surface area contributed by atoms with Crippen molar-refractivity contribution in [2.24, 2.45) is 11.8 Å². The van der Waals surface area contributed by atoms with Crippen molar-refractivity contribution in [3.8, 4) is 0 Å². The zero-order valence-corrected chi connectivity index (χ0v) is 12.9. The van der Waals surface area contributed by atoms with Crippen LogP contribution in [0.5, 0.6) is 0 Å². The maximum absolute atomic E-state index is 11.7. The molecule has 0 bridgehead atoms. The molecule has 0 saturated heterocycles. The van der Waals surface area contributed by atoms with Crippen LogP contribution in [-0.2, 0) is 14.3 Å². The third-order valence-electron chi connectivity index (χ3n) is 4.13. The van der Waals surface area contributed by atoms with E-state index < -0.39 is 0 Å². The lowest BCUT2D eigenvalue weighted by molar-refractivity contribution is -0.148. The molecule has 0 aliphatic heterocycles. The van der Waals surface area contributed by atoms with Crippen LogP contribution in [0.3, 0.4) is 0 Å². The molecule has 0 heterocycles. The van der Waals surface area contributed by atoms with Crippen LogP contribution in [0.2, 0.25) is 0 Å². The Labute approximate surface area is 125 Å². The first-order valence-electron chi connectivity index (χ1n) is 7.57. The van der Waals surface area contributed by atoms with Gasteiger partial charge in [-0.05, 0) is 42.4 Å². The minimum Gasteiger partial charge on any atom is -0.455 e. The lowest BCUT2D eigenvalue weighted by Gasteiger charge is -2.10. The zero-order chi connectivity index (χ0) is 15.4. The highest BCUT2D eigenvalue weighted by Crippen LogP contribution is 2.38. The van der Waals surface area contributed by atoms with Crippen molar-refractivity contribution < 1.29 is 14.3 Å². The van der Waals surface area contributed by atoms with Gasteiger partial charge in [-0.15, -0.1) is 0 Å². The Balaban J connectivity index is 1.78. The second-order valence-corrected chi connectivity index (χ2v) is 5.91. The molecule has 1 N–H and O–H groups in total. The lowest BCUT2D eigenvalue weighted by Crippen LogP contribution is -2.21. The number of benzene rings is 1. The van der Waals surface area contributed by atoms with Gasteiger partial charge in [-0.25, -0.2) is 0 Å². The van der Waals surface area contributed by atoms with E-state index in [0.29, 0.717) is 11.8 Å². The number of ether oxygens (including phenoxy) is 1. The summed E-state index contributed by atoms with van der Waals surface area (Å²) in [6, 6.07) is 7.79. The normalized spacial score (nSPS) is 21.5. The van der Waals surface area contributed by atoms with Crippen LogP contribution < -0.4 is 5.32 Å². The molecule has 0 spiro atoms. The van der Waals surface area contributed by atoms with Crippen LogP contribution in [0.1, 0.15) is 45.1 Å². The molecule has 1 fully saturated rings. The smallest absolute Gasteiger partial charge is 0.309 e. The highest BCUT2D eigenvalue weighted by Gasteiger charge is 2.40. The Morgan fingerprint density at radius 3 is 2.48 bits per heavy atom. The van der Waals surface area contributed by atoms with Gasteiger partial charge in [-0.1, -0.05) is 32.9 Å². The van der Waals surface area contributed by atoms with Gasteiger partial charge in [-0.2, -0.15) is 0 Å². The van der Waals surface area contributed by atoms with E-state index in [0.717, 1.165) is 18.5 Å². The Morgan fingerprint density at radius 2 is 1.95 bits per heavy atom. The molecule has 114 valence electrons. The van der Waals surface area contributed by atoms with Crippen LogP contribution in [-0.4, -0.2) is 18.5 Å². The van der Waals surface area contributed by atoms with E-state index in [-0.39, 0.29) is 24.4 Å². The molecule has 0 aromatic heterocycles. The number of anilines is 1. The van der Waals surface area contributed by atoms with E-state index in [1.165, 1.54) is 5.56 Å². The number of rotatable bonds is 6. The van der Waals surface area contributed by atoms with Crippen LogP contribution >= 0.6 is 0 Å². The van der Waals surface area contributed by atoms with Crippen LogP contribution in [0, 0.1) is 11.8 Å². The number of amides is 1. The van der Waals surface area contributed by atoms with Crippen molar-refractivity contribution in [1.82, 2.24) is 0 Å². The fourth-order valence-corrected chi connectivity index (χ4v) is 2.22. The molecule has 2 rings (SSSR count). The molecule has 1 amide bonds. The van der Waals surface area contributed by atoms with E-state index in [1.54, 1.807) is 0 Å². The first kappa shape index (κ1) is 15.5. The Hall–Kier alpha value is -1.84. The van der Waals surface area contributed by atoms with Crippen molar-refractivity contribution >= 4 is 17.6 Å². The largest absolute Gasteiger partial charge is 0.455 e. The van der Waals surface area contributed by atoms with Gasteiger partial charge in [0.1, 0.15) is 0 Å². The summed E-state index contributed by atoms with van der Waals surface area (Å²) in [6.45, 7) is 6.11. The lowest BCUT2D eigenvalue weighted by atomic mass is 9.99. The predicted molar refractivity (Wildman–Crippen MR) is 82.0 cm³/mol. The highest BCUT2D eigenvalue weighted by atomic mass is 16.5. The molecule has 1 aromatic carbocycles. The zero-order valence-electron chi connectivity index (χ0n) is 12.9. The first-order valence-corrected chi connectivity index (χ1v) is 7.57. The SMILES string of the molecule is CC[C@@H](C)c1ccc(NC(=O)COC(=O)[C@@H]2C[C@@H]2C)cc1. The van der Waals surface area contributed by atoms with Crippen LogP contribution in [0.15, 0.2) is 24.3 Å². The standard InChI is InChI=1S/C17H23NO3/c1-4-11(2)13-5-7-14(8-6-13)18-16(19)10-21-17(20)15-9-12(15)3/h5-8,11-12,15H,4,9-10H2,1-3H3,(H,18,19)/t11-,12+,15-/m1/s1. The Morgan fingerprint density at radius 1 is 1.33 bits per heavy atom. The van der Waals surface area contributed by atoms with Gasteiger partial charge in [0.15, 0.2) is 6.61 Å². The topological polar surface area (TPSA) is 55.4 Å². The van der Waals surface area contributed by atoms with Crippen molar-refractivity contribution in [2.45, 2.75) is 39.5 Å². The highest BCUT2D eigenvalue weighted by molar-refractivity contribution is 5.93. The van der Waals surface area contributed by atoms with Gasteiger partial charge in [0.25, 0.3) is 5.91 Å². The third kappa shape index (κ3) is 4.31. The summed E-state index contributed by atoms with van der Waals surface area (Å²) >= 11 is 0. The molecule has 4 heteroatoms. The average Bonchev–Trinajstić information content (AvgIpc) is 3.22. The minimum absolute atomic E-state index is 0.00684. The molecule has 21 heavy (non-hydrogen) atoms. The number of hydrogen-bond donors (Lipinski definition) is 1. The summed E-state index contributed by atoms with van der Waals surface area (Å²) in [4.78, 5) is 23.3. The predicted octanol–water partition coefficient (Wildman–Crippen LogP) is 3.34. The van der Waals surface area contributed by atoms with E-state index in [2.05, 4.69) is 19.2 Å². The van der Waals surface area contributed by atoms with Crippen LogP contribution in [0.4, 0.5) is 5.69 Å². The molecule has 0 radical (unpaired) electrons. The molecule has 1 aromatic rings. The fourth-order valence-electron chi connectivity index (χ4n) is 2.22. The average molecular weight is 289 g/mol. The Bertz CT molecular complexity index is 509. The molecule has 1 aliphatic carbocycles. The maximum Gasteiger partial charge on any atom is 0.309 e. The second-order valence-electron chi connectivity index (χ2n) is 5.91. The van der Waals surface area contributed by atoms with Gasteiger partial charge in [0.2, 0.25) is 0 Å². The van der Waals surface area contributed by atoms with E-state index >= 15 is 0 Å². The van der Waals surface area contributed by atoms with Gasteiger partial charge in [-0.3, -0.25) is 9.59 Å². The van der Waals surface area contributed by atoms with Gasteiger partial charge < -0.3 is 10.1 Å². The van der Waals surface area contributed by atoms with Crippen molar-refractivity contribution in [2.75, 3.05) is 11.9 Å². The van der Waals surface area contributed by atoms with Crippen molar-refractivity contribution in [3.63, 3.8) is 0 Å². The number of hydrogen-bond acceptors (Lipinski definition) is 3. The number of esters is 1. The summed E-state index contributed by atoms with van der Waals surface area (Å²) in [5, 5.41) is 2.74. The molecule has 3 atom stereocenters. The summed E-state index contributed by atoms with van der Waals surface area (Å²) in [6.07, 6.45) is 1.96. The van der Waals surface area contributed by atoms with E-state index in [1.807, 2.05) is 31.2 Å². The van der Waals surface area contributed by atoms with Crippen LogP contribution in [0.25, 0.3) is 0 Å². The van der Waals surface area contributed by atoms with Gasteiger partial charge in [0, 0.05) is 5.69 Å². The molecule has 1 saturated carbocycles. The molecular formula is C17H23NO3. The molecule has 4 nitrogen and oxygen atoms in total. The van der Waals surface area contributed by atoms with Gasteiger partial charge in [0.05, 0.1) is 5.92 Å². The first-order chi connectivity index (χ1) is 10.0. The van der Waals surface area contributed by atoms with Gasteiger partial charge >= 0.3 is 5.97 Å². The fraction of sp³-hybridized carbons (Fsp3) is 0.529. The molecular weight excluding hydrogens is 266 g/mol. The number of carbonyl (C=O) groups excluding carboxylic acids is 2. The van der Waals surface area contributed by atoms with E-state index in [4.69, 9.17) is 4.74 Å². The minimum atomic E-state index is -0.298. The van der Waals surface area contributed by atoms with E-state index in [9.17, 15) is 9.59 Å². The second kappa shape index (κ2) is 6.74. The summed E-state index contributed by atoms with van der Waals surface area (Å²) in [5.74, 6) is 0.343. The maximum atomic E-state index is 11.7. The monoisotopic (exact) mass is 289 g/mol. The summed E-state index contributed by atoms with van der Waals surface area (Å²) in [5.41, 5.74) is 1.98. The summed E-state index contributed by atoms with van der Waals surface area (Å²) in [7, 11) is 0. The number of nitrogens with one attached hydrogen (secondary N) is 1.